The van der Waals surface area contributed by atoms with Crippen molar-refractivity contribution in [2.75, 3.05) is 0 Å². The van der Waals surface area contributed by atoms with Crippen LogP contribution in [0.3, 0.4) is 0 Å². The van der Waals surface area contributed by atoms with Crippen molar-refractivity contribution in [1.29, 1.82) is 0 Å². The lowest BCUT2D eigenvalue weighted by atomic mass is 10.1. The van der Waals surface area contributed by atoms with Crippen molar-refractivity contribution in [2.45, 2.75) is 6.54 Å². The fourth-order valence-corrected chi connectivity index (χ4v) is 3.06. The molecular formula is C17H13ClN4. The monoisotopic (exact) mass is 308 g/mol. The molecular weight excluding hydrogens is 296 g/mol. The van der Waals surface area contributed by atoms with Crippen LogP contribution >= 0.6 is 12.4 Å². The molecule has 0 aliphatic carbocycles. The van der Waals surface area contributed by atoms with Crippen molar-refractivity contribution in [3.63, 3.8) is 0 Å². The molecule has 108 valence electrons. The number of aromatic amines is 1. The average Bonchev–Trinajstić information content (AvgIpc) is 3.18. The van der Waals surface area contributed by atoms with Gasteiger partial charge in [0.1, 0.15) is 0 Å². The van der Waals surface area contributed by atoms with Gasteiger partial charge >= 0.3 is 0 Å². The van der Waals surface area contributed by atoms with Gasteiger partial charge in [0.15, 0.2) is 11.6 Å². The summed E-state index contributed by atoms with van der Waals surface area (Å²) >= 11 is 0. The summed E-state index contributed by atoms with van der Waals surface area (Å²) in [7, 11) is 0. The Morgan fingerprint density at radius 1 is 0.955 bits per heavy atom. The van der Waals surface area contributed by atoms with Crippen LogP contribution in [0.25, 0.3) is 33.7 Å². The number of halogens is 1. The second-order valence-electron chi connectivity index (χ2n) is 5.32. The topological polar surface area (TPSA) is 46.5 Å². The van der Waals surface area contributed by atoms with E-state index in [1.165, 1.54) is 11.1 Å². The minimum Gasteiger partial charge on any atom is -0.360 e. The Labute approximate surface area is 133 Å². The lowest BCUT2D eigenvalue weighted by Crippen LogP contribution is -1.95. The standard InChI is InChI=1S/C17H12N4.ClH/c1-2-6-12-11(5-1)10-21-17(12)19-16(20-21)14-9-18-15-8-4-3-7-13(14)15;/h1-9,18H,10H2;1H. The van der Waals surface area contributed by atoms with Gasteiger partial charge in [0, 0.05) is 28.2 Å². The first-order valence-electron chi connectivity index (χ1n) is 7.00. The van der Waals surface area contributed by atoms with E-state index < -0.39 is 0 Å². The average molecular weight is 309 g/mol. The van der Waals surface area contributed by atoms with E-state index in [1.807, 2.05) is 23.0 Å². The van der Waals surface area contributed by atoms with Gasteiger partial charge < -0.3 is 4.98 Å². The number of nitrogens with zero attached hydrogens (tertiary/aromatic N) is 3. The zero-order valence-electron chi connectivity index (χ0n) is 11.7. The number of hydrogen-bond acceptors (Lipinski definition) is 2. The molecule has 0 amide bonds. The predicted molar refractivity (Wildman–Crippen MR) is 89.1 cm³/mol. The second kappa shape index (κ2) is 4.71. The van der Waals surface area contributed by atoms with Gasteiger partial charge in [-0.3, -0.25) is 0 Å². The Morgan fingerprint density at radius 3 is 2.73 bits per heavy atom. The van der Waals surface area contributed by atoms with Gasteiger partial charge in [0.05, 0.1) is 6.54 Å². The van der Waals surface area contributed by atoms with Gasteiger partial charge in [-0.2, -0.15) is 5.10 Å². The molecule has 0 radical (unpaired) electrons. The van der Waals surface area contributed by atoms with Crippen LogP contribution in [0.15, 0.2) is 54.7 Å². The van der Waals surface area contributed by atoms with Gasteiger partial charge in [-0.15, -0.1) is 12.4 Å². The first-order chi connectivity index (χ1) is 10.4. The Balaban J connectivity index is 0.00000125. The molecule has 5 heteroatoms. The van der Waals surface area contributed by atoms with E-state index in [0.29, 0.717) is 0 Å². The van der Waals surface area contributed by atoms with Gasteiger partial charge in [-0.05, 0) is 11.6 Å². The van der Waals surface area contributed by atoms with Gasteiger partial charge in [-0.1, -0.05) is 42.5 Å². The number of rotatable bonds is 1. The van der Waals surface area contributed by atoms with Crippen molar-refractivity contribution in [1.82, 2.24) is 19.7 Å². The zero-order chi connectivity index (χ0) is 13.8. The van der Waals surface area contributed by atoms with E-state index in [1.54, 1.807) is 0 Å². The molecule has 0 saturated carbocycles. The molecule has 0 unspecified atom stereocenters. The Kier molecular flexibility index (Phi) is 2.81. The van der Waals surface area contributed by atoms with Crippen LogP contribution in [-0.4, -0.2) is 19.7 Å². The van der Waals surface area contributed by atoms with Crippen LogP contribution in [0.5, 0.6) is 0 Å². The summed E-state index contributed by atoms with van der Waals surface area (Å²) in [5.41, 5.74) is 4.65. The quantitative estimate of drug-likeness (QED) is 0.511. The van der Waals surface area contributed by atoms with Crippen LogP contribution in [0.1, 0.15) is 5.56 Å². The number of aromatic nitrogens is 4. The lowest BCUT2D eigenvalue weighted by Gasteiger charge is -1.96. The third-order valence-electron chi connectivity index (χ3n) is 4.08. The van der Waals surface area contributed by atoms with Crippen LogP contribution in [0, 0.1) is 0 Å². The summed E-state index contributed by atoms with van der Waals surface area (Å²) in [5.74, 6) is 1.75. The Morgan fingerprint density at radius 2 is 1.77 bits per heavy atom. The molecule has 0 bridgehead atoms. The van der Waals surface area contributed by atoms with Crippen molar-refractivity contribution in [3.05, 3.63) is 60.3 Å². The maximum Gasteiger partial charge on any atom is 0.183 e. The molecule has 1 aliphatic heterocycles. The van der Waals surface area contributed by atoms with E-state index in [2.05, 4.69) is 46.5 Å². The third-order valence-corrected chi connectivity index (χ3v) is 4.08. The van der Waals surface area contributed by atoms with Crippen LogP contribution < -0.4 is 0 Å². The maximum atomic E-state index is 4.76. The predicted octanol–water partition coefficient (Wildman–Crippen LogP) is 3.88. The molecule has 4 aromatic rings. The molecule has 2 aromatic heterocycles. The highest BCUT2D eigenvalue weighted by molar-refractivity contribution is 5.93. The highest BCUT2D eigenvalue weighted by Gasteiger charge is 2.23. The Hall–Kier alpha value is -2.59. The molecule has 3 heterocycles. The van der Waals surface area contributed by atoms with Gasteiger partial charge in [0.2, 0.25) is 0 Å². The number of para-hydroxylation sites is 1. The number of fused-ring (bicyclic) bond motifs is 4. The number of hydrogen-bond donors (Lipinski definition) is 1. The summed E-state index contributed by atoms with van der Waals surface area (Å²) in [6.45, 7) is 0.806. The van der Waals surface area contributed by atoms with Crippen LogP contribution in [0.4, 0.5) is 0 Å². The fourth-order valence-electron chi connectivity index (χ4n) is 3.06. The van der Waals surface area contributed by atoms with Crippen molar-refractivity contribution >= 4 is 23.3 Å². The molecule has 0 atom stereocenters. The largest absolute Gasteiger partial charge is 0.360 e. The number of H-pyrrole nitrogens is 1. The normalized spacial score (nSPS) is 12.0. The summed E-state index contributed by atoms with van der Waals surface area (Å²) in [4.78, 5) is 8.04. The zero-order valence-corrected chi connectivity index (χ0v) is 12.5. The molecule has 1 aliphatic rings. The van der Waals surface area contributed by atoms with E-state index >= 15 is 0 Å². The van der Waals surface area contributed by atoms with Gasteiger partial charge in [0.25, 0.3) is 0 Å². The van der Waals surface area contributed by atoms with Crippen molar-refractivity contribution in [3.8, 4) is 22.8 Å². The summed E-state index contributed by atoms with van der Waals surface area (Å²) < 4.78 is 1.99. The fraction of sp³-hybridized carbons (Fsp3) is 0.0588. The molecule has 0 fully saturated rings. The third kappa shape index (κ3) is 1.71. The van der Waals surface area contributed by atoms with Crippen LogP contribution in [-0.2, 0) is 6.54 Å². The first-order valence-corrected chi connectivity index (χ1v) is 7.00. The highest BCUT2D eigenvalue weighted by Crippen LogP contribution is 2.33. The molecule has 22 heavy (non-hydrogen) atoms. The smallest absolute Gasteiger partial charge is 0.183 e. The summed E-state index contributed by atoms with van der Waals surface area (Å²) in [6.07, 6.45) is 1.99. The molecule has 0 spiro atoms. The molecule has 0 saturated heterocycles. The SMILES string of the molecule is Cl.c1ccc2c(c1)Cn1nc(-c3c[nH]c4ccccc34)nc1-2. The molecule has 4 nitrogen and oxygen atoms in total. The lowest BCUT2D eigenvalue weighted by molar-refractivity contribution is 0.722. The van der Waals surface area contributed by atoms with Crippen molar-refractivity contribution in [2.24, 2.45) is 0 Å². The summed E-state index contributed by atoms with van der Waals surface area (Å²) in [5, 5.41) is 5.85. The number of benzene rings is 2. The van der Waals surface area contributed by atoms with Crippen molar-refractivity contribution < 1.29 is 0 Å². The van der Waals surface area contributed by atoms with Gasteiger partial charge in [-0.25, -0.2) is 9.67 Å². The van der Waals surface area contributed by atoms with E-state index in [9.17, 15) is 0 Å². The summed E-state index contributed by atoms with van der Waals surface area (Å²) in [6, 6.07) is 16.6. The highest BCUT2D eigenvalue weighted by atomic mass is 35.5. The molecule has 5 rings (SSSR count). The molecule has 1 N–H and O–H groups in total. The van der Waals surface area contributed by atoms with E-state index in [0.717, 1.165) is 34.7 Å². The Bertz CT molecular complexity index is 983. The first kappa shape index (κ1) is 13.1. The minimum absolute atomic E-state index is 0. The van der Waals surface area contributed by atoms with E-state index in [4.69, 9.17) is 4.98 Å². The molecule has 2 aromatic carbocycles. The maximum absolute atomic E-state index is 4.76. The minimum atomic E-state index is 0. The van der Waals surface area contributed by atoms with E-state index in [-0.39, 0.29) is 12.4 Å². The second-order valence-corrected chi connectivity index (χ2v) is 5.32. The number of nitrogens with one attached hydrogen (secondary N) is 1. The van der Waals surface area contributed by atoms with Crippen LogP contribution in [0.2, 0.25) is 0 Å².